The Morgan fingerprint density at radius 3 is 0.463 bits per heavy atom. The second-order valence-electron chi connectivity index (χ2n) is 30.3. The van der Waals surface area contributed by atoms with Gasteiger partial charge in [-0.15, -0.1) is 0 Å². The van der Waals surface area contributed by atoms with Crippen LogP contribution in [-0.4, -0.2) is 0 Å². The Bertz CT molecular complexity index is 1110. The van der Waals surface area contributed by atoms with Crippen LogP contribution in [0.25, 0.3) is 0 Å². The van der Waals surface area contributed by atoms with Gasteiger partial charge in [0.05, 0.1) is 0 Å². The fraction of sp³-hybridized carbons (Fsp3) is 0.933. The maximum atomic E-state index is 3.92. The molecule has 0 amide bonds. The van der Waals surface area contributed by atoms with Crippen LogP contribution in [0.1, 0.15) is 443 Å². The molecule has 0 fully saturated rings. The van der Waals surface area contributed by atoms with Crippen molar-refractivity contribution < 1.29 is 85.3 Å². The van der Waals surface area contributed by atoms with Gasteiger partial charge < -0.3 is 0 Å². The fourth-order valence-corrected chi connectivity index (χ4v) is 10.7. The summed E-state index contributed by atoms with van der Waals surface area (Å²) in [7, 11) is 0. The number of rotatable bonds is 39. The molecule has 0 aromatic rings. The fourth-order valence-electron chi connectivity index (χ4n) is 10.7. The minimum absolute atomic E-state index is 0. The second kappa shape index (κ2) is 102. The first-order chi connectivity index (χ1) is 42.2. The van der Waals surface area contributed by atoms with Crippen molar-refractivity contribution in [2.75, 3.05) is 0 Å². The van der Waals surface area contributed by atoms with Crippen molar-refractivity contribution >= 4 is 0 Å². The van der Waals surface area contributed by atoms with E-state index in [1.54, 1.807) is 0 Å². The predicted octanol–water partition coefficient (Wildman–Crippen LogP) is 34.3. The van der Waals surface area contributed by atoms with E-state index in [1.165, 1.54) is 178 Å². The Labute approximate surface area is 665 Å². The number of hydrogen-bond donors (Lipinski definition) is 0. The van der Waals surface area contributed by atoms with Gasteiger partial charge in [0, 0.05) is 85.3 Å². The Balaban J connectivity index is -0.0000000572. The predicted molar refractivity (Wildman–Crippen MR) is 435 cm³/mol. The van der Waals surface area contributed by atoms with Crippen LogP contribution in [0.15, 0.2) is 36.5 Å². The summed E-state index contributed by atoms with van der Waals surface area (Å²) in [4.78, 5) is 0. The molecule has 0 aliphatic rings. The van der Waals surface area contributed by atoms with Gasteiger partial charge in [0.25, 0.3) is 0 Å². The minimum atomic E-state index is 0. The molecule has 95 heavy (non-hydrogen) atoms. The summed E-state index contributed by atoms with van der Waals surface area (Å²) in [5, 5.41) is 0. The van der Waals surface area contributed by atoms with E-state index in [1.807, 2.05) is 0 Å². The zero-order chi connectivity index (χ0) is 72.8. The molecule has 0 nitrogen and oxygen atoms in total. The Kier molecular flexibility index (Phi) is 143. The number of hydrogen-bond acceptors (Lipinski definition) is 0. The summed E-state index contributed by atoms with van der Waals surface area (Å²) in [6.07, 6.45) is 41.6. The summed E-state index contributed by atoms with van der Waals surface area (Å²) in [6.45, 7) is 94.9. The van der Waals surface area contributed by atoms with Crippen LogP contribution < -0.4 is 0 Å². The van der Waals surface area contributed by atoms with Crippen LogP contribution in [0, 0.1) is 107 Å². The summed E-state index contributed by atoms with van der Waals surface area (Å²) in [5.41, 5.74) is 2.43. The molecule has 594 valence electrons. The first-order valence-corrected chi connectivity index (χ1v) is 41.2. The molecule has 0 saturated heterocycles. The molecule has 0 aliphatic carbocycles. The summed E-state index contributed by atoms with van der Waals surface area (Å²) in [6, 6.07) is 0. The van der Waals surface area contributed by atoms with Crippen LogP contribution in [0.4, 0.5) is 0 Å². The van der Waals surface area contributed by atoms with E-state index in [0.29, 0.717) is 0 Å². The molecule has 0 saturated carbocycles. The van der Waals surface area contributed by atoms with Crippen molar-refractivity contribution in [1.82, 2.24) is 0 Å². The molecule has 5 heteroatoms. The van der Waals surface area contributed by atoms with E-state index in [9.17, 15) is 0 Å². The summed E-state index contributed by atoms with van der Waals surface area (Å²) < 4.78 is 0. The maximum Gasteiger partial charge on any atom is 0 e. The zero-order valence-electron chi connectivity index (χ0n) is 73.5. The van der Waals surface area contributed by atoms with Gasteiger partial charge >= 0.3 is 0 Å². The first-order valence-electron chi connectivity index (χ1n) is 41.2. The third-order valence-corrected chi connectivity index (χ3v) is 22.4. The monoisotopic (exact) mass is 1560 g/mol. The van der Waals surface area contributed by atoms with Crippen LogP contribution in [-0.2, 0) is 85.3 Å². The van der Waals surface area contributed by atoms with Crippen LogP contribution in [0.2, 0.25) is 0 Å². The van der Waals surface area contributed by atoms with E-state index in [0.717, 1.165) is 119 Å². The molecular weight excluding hydrogens is 1360 g/mol. The zero-order valence-corrected chi connectivity index (χ0v) is 79.0. The van der Waals surface area contributed by atoms with Gasteiger partial charge in [-0.3, -0.25) is 0 Å². The van der Waals surface area contributed by atoms with Crippen molar-refractivity contribution in [2.24, 2.45) is 107 Å². The molecule has 0 heterocycles. The molecule has 18 atom stereocenters. The normalized spacial score (nSPS) is 15.7. The Hall–Kier alpha value is 1.82. The van der Waals surface area contributed by atoms with Crippen molar-refractivity contribution in [1.29, 1.82) is 0 Å². The van der Waals surface area contributed by atoms with E-state index in [2.05, 4.69) is 288 Å². The third kappa shape index (κ3) is 100. The largest absolute Gasteiger partial charge is 0.0956 e. The first kappa shape index (κ1) is 133. The second-order valence-corrected chi connectivity index (χ2v) is 30.3. The van der Waals surface area contributed by atoms with Gasteiger partial charge in [0.1, 0.15) is 0 Å². The van der Waals surface area contributed by atoms with Crippen molar-refractivity contribution in [3.05, 3.63) is 36.5 Å². The Morgan fingerprint density at radius 2 is 0.368 bits per heavy atom. The van der Waals surface area contributed by atoms with Crippen LogP contribution >= 0.6 is 0 Å². The average molecular weight is 1560 g/mol. The van der Waals surface area contributed by atoms with Crippen LogP contribution in [0.3, 0.4) is 0 Å². The molecular formula is C90H194Fe5. The van der Waals surface area contributed by atoms with E-state index in [4.69, 9.17) is 0 Å². The van der Waals surface area contributed by atoms with Crippen LogP contribution in [0.5, 0.6) is 0 Å². The average Bonchev–Trinajstić information content (AvgIpc) is 3.59. The minimum Gasteiger partial charge on any atom is -0.0956 e. The van der Waals surface area contributed by atoms with Crippen molar-refractivity contribution in [2.45, 2.75) is 443 Å². The molecule has 0 radical (unpaired) electrons. The van der Waals surface area contributed by atoms with Gasteiger partial charge in [-0.25, -0.2) is 0 Å². The molecule has 0 spiro atoms. The standard InChI is InChI=1S/8C9H20.C9H18.C9H16.5Fe/c10*1-5-7-9(4)8(3)6-2;;;;;/h8*8-9H,5-7H2,1-4H3;5,7-9H,6H2,1-4H3;3-7H2,1-2H3;;;;;. The van der Waals surface area contributed by atoms with E-state index in [-0.39, 0.29) is 85.3 Å². The molecule has 0 bridgehead atoms. The molecule has 0 aliphatic heterocycles. The summed E-state index contributed by atoms with van der Waals surface area (Å²) in [5.74, 6) is 16.4. The topological polar surface area (TPSA) is 0 Å². The summed E-state index contributed by atoms with van der Waals surface area (Å²) >= 11 is 0. The Morgan fingerprint density at radius 1 is 0.221 bits per heavy atom. The van der Waals surface area contributed by atoms with Gasteiger partial charge in [-0.2, -0.15) is 0 Å². The molecule has 0 aromatic carbocycles. The third-order valence-electron chi connectivity index (χ3n) is 22.4. The SMILES string of the molecule is C=C(CC)C(=C)CCC.CC=CC(C)C(C)CC.CCCC(C)C(C)CC.CCCC(C)C(C)CC.CCCC(C)C(C)CC.CCCC(C)C(C)CC.CCCC(C)C(C)CC.CCCC(C)C(C)CC.CCCC(C)C(C)CC.CCCC(C)C(C)CC.[Fe].[Fe].[Fe].[Fe].[Fe]. The van der Waals surface area contributed by atoms with Gasteiger partial charge in [-0.1, -0.05) is 460 Å². The van der Waals surface area contributed by atoms with Gasteiger partial charge in [-0.05, 0) is 126 Å². The van der Waals surface area contributed by atoms with Crippen molar-refractivity contribution in [3.8, 4) is 0 Å². The maximum absolute atomic E-state index is 3.92. The molecule has 0 aromatic heterocycles. The molecule has 0 rings (SSSR count). The van der Waals surface area contributed by atoms with E-state index >= 15 is 0 Å². The quantitative estimate of drug-likeness (QED) is 0.0327. The molecule has 18 unspecified atom stereocenters. The van der Waals surface area contributed by atoms with Gasteiger partial charge in [0.2, 0.25) is 0 Å². The van der Waals surface area contributed by atoms with Crippen molar-refractivity contribution in [3.63, 3.8) is 0 Å². The molecule has 0 N–H and O–H groups in total. The smallest absolute Gasteiger partial charge is 0 e. The number of allylic oxidation sites excluding steroid dienone is 4. The van der Waals surface area contributed by atoms with E-state index < -0.39 is 0 Å². The van der Waals surface area contributed by atoms with Gasteiger partial charge in [0.15, 0.2) is 0 Å².